The molecule has 0 saturated heterocycles. The Labute approximate surface area is 60.3 Å². The second kappa shape index (κ2) is 1.99. The fraction of sp³-hybridized carbons (Fsp3) is 0.714. The van der Waals surface area contributed by atoms with Crippen LogP contribution in [0, 0.1) is 11.3 Å². The van der Waals surface area contributed by atoms with Crippen LogP contribution in [-0.4, -0.2) is 11.2 Å². The Morgan fingerprint density at radius 1 is 1.56 bits per heavy atom. The molecule has 0 heterocycles. The van der Waals surface area contributed by atoms with Crippen molar-refractivity contribution in [3.8, 4) is 0 Å². The summed E-state index contributed by atoms with van der Waals surface area (Å²) in [5.41, 5.74) is 1.54. The molecule has 0 bridgehead atoms. The topological polar surface area (TPSA) is 20.2 Å². The van der Waals surface area contributed by atoms with E-state index >= 15 is 0 Å². The van der Waals surface area contributed by atoms with Gasteiger partial charge in [0.1, 0.15) is 0 Å². The number of halogens is 1. The van der Waals surface area contributed by atoms with Gasteiger partial charge in [0.2, 0.25) is 0 Å². The molecule has 52 valence electrons. The standard InChI is InChI=1S/C7H11ClO/c1-7(2)5(3-4-8)6(7)9/h3-6,9H,1-2H3. The molecule has 1 saturated carbocycles. The summed E-state index contributed by atoms with van der Waals surface area (Å²) >= 11 is 5.34. The Kier molecular flexibility index (Phi) is 1.57. The van der Waals surface area contributed by atoms with Gasteiger partial charge in [-0.15, -0.1) is 0 Å². The van der Waals surface area contributed by atoms with Crippen molar-refractivity contribution < 1.29 is 5.11 Å². The SMILES string of the molecule is CC1(C)C(O)C1C=CCl. The third-order valence-corrected chi connectivity index (χ3v) is 2.28. The van der Waals surface area contributed by atoms with Crippen LogP contribution < -0.4 is 0 Å². The predicted molar refractivity (Wildman–Crippen MR) is 38.3 cm³/mol. The molecule has 2 heteroatoms. The van der Waals surface area contributed by atoms with Gasteiger partial charge in [-0.25, -0.2) is 0 Å². The van der Waals surface area contributed by atoms with Gasteiger partial charge in [0.05, 0.1) is 6.10 Å². The first-order valence-corrected chi connectivity index (χ1v) is 3.49. The summed E-state index contributed by atoms with van der Waals surface area (Å²) in [7, 11) is 0. The van der Waals surface area contributed by atoms with Crippen molar-refractivity contribution in [2.24, 2.45) is 11.3 Å². The zero-order chi connectivity index (χ0) is 7.07. The van der Waals surface area contributed by atoms with E-state index in [4.69, 9.17) is 11.6 Å². The van der Waals surface area contributed by atoms with Gasteiger partial charge in [-0.1, -0.05) is 31.5 Å². The molecule has 0 aromatic carbocycles. The molecule has 1 aliphatic rings. The molecule has 1 nitrogen and oxygen atoms in total. The summed E-state index contributed by atoms with van der Waals surface area (Å²) in [6.07, 6.45) is 1.65. The van der Waals surface area contributed by atoms with E-state index in [-0.39, 0.29) is 17.4 Å². The molecular weight excluding hydrogens is 136 g/mol. The van der Waals surface area contributed by atoms with Gasteiger partial charge in [-0.05, 0) is 0 Å². The zero-order valence-corrected chi connectivity index (χ0v) is 6.39. The van der Waals surface area contributed by atoms with E-state index in [1.807, 2.05) is 19.9 Å². The van der Waals surface area contributed by atoms with Crippen molar-refractivity contribution in [3.63, 3.8) is 0 Å². The van der Waals surface area contributed by atoms with Gasteiger partial charge in [0.15, 0.2) is 0 Å². The van der Waals surface area contributed by atoms with Crippen molar-refractivity contribution >= 4 is 11.6 Å². The molecule has 2 atom stereocenters. The lowest BCUT2D eigenvalue weighted by Crippen LogP contribution is -1.91. The highest BCUT2D eigenvalue weighted by atomic mass is 35.5. The lowest BCUT2D eigenvalue weighted by Gasteiger charge is -1.93. The van der Waals surface area contributed by atoms with Crippen LogP contribution in [0.4, 0.5) is 0 Å². The highest BCUT2D eigenvalue weighted by Gasteiger charge is 2.55. The molecule has 0 aromatic heterocycles. The maximum Gasteiger partial charge on any atom is 0.0666 e. The summed E-state index contributed by atoms with van der Waals surface area (Å²) in [6, 6.07) is 0. The minimum atomic E-state index is -0.188. The minimum Gasteiger partial charge on any atom is -0.392 e. The summed E-state index contributed by atoms with van der Waals surface area (Å²) in [4.78, 5) is 0. The molecule has 0 aliphatic heterocycles. The summed E-state index contributed by atoms with van der Waals surface area (Å²) in [6.45, 7) is 4.05. The van der Waals surface area contributed by atoms with E-state index in [1.54, 1.807) is 0 Å². The van der Waals surface area contributed by atoms with E-state index in [2.05, 4.69) is 0 Å². The van der Waals surface area contributed by atoms with Crippen LogP contribution in [0.5, 0.6) is 0 Å². The smallest absolute Gasteiger partial charge is 0.0666 e. The number of hydrogen-bond donors (Lipinski definition) is 1. The number of rotatable bonds is 1. The van der Waals surface area contributed by atoms with Crippen molar-refractivity contribution in [3.05, 3.63) is 11.6 Å². The van der Waals surface area contributed by atoms with Crippen molar-refractivity contribution in [2.45, 2.75) is 20.0 Å². The van der Waals surface area contributed by atoms with Gasteiger partial charge < -0.3 is 5.11 Å². The number of aliphatic hydroxyl groups excluding tert-OH is 1. The first-order valence-electron chi connectivity index (χ1n) is 3.05. The van der Waals surface area contributed by atoms with Crippen LogP contribution in [0.25, 0.3) is 0 Å². The quantitative estimate of drug-likeness (QED) is 0.598. The van der Waals surface area contributed by atoms with Crippen LogP contribution in [0.1, 0.15) is 13.8 Å². The van der Waals surface area contributed by atoms with E-state index < -0.39 is 0 Å². The Balaban J connectivity index is 2.52. The summed E-state index contributed by atoms with van der Waals surface area (Å²) in [5, 5.41) is 9.18. The summed E-state index contributed by atoms with van der Waals surface area (Å²) < 4.78 is 0. The van der Waals surface area contributed by atoms with Gasteiger partial charge in [-0.2, -0.15) is 0 Å². The lowest BCUT2D eigenvalue weighted by molar-refractivity contribution is 0.232. The molecule has 0 aromatic rings. The molecule has 1 rings (SSSR count). The molecule has 1 aliphatic carbocycles. The van der Waals surface area contributed by atoms with Gasteiger partial charge >= 0.3 is 0 Å². The maximum atomic E-state index is 9.18. The Morgan fingerprint density at radius 2 is 2.00 bits per heavy atom. The van der Waals surface area contributed by atoms with Crippen LogP contribution in [0.15, 0.2) is 11.6 Å². The first kappa shape index (κ1) is 7.10. The normalized spacial score (nSPS) is 39.6. The molecular formula is C7H11ClO. The predicted octanol–water partition coefficient (Wildman–Crippen LogP) is 1.76. The number of aliphatic hydroxyl groups is 1. The van der Waals surface area contributed by atoms with E-state index in [9.17, 15) is 5.11 Å². The minimum absolute atomic E-state index is 0.0609. The zero-order valence-electron chi connectivity index (χ0n) is 5.63. The lowest BCUT2D eigenvalue weighted by atomic mass is 10.1. The highest BCUT2D eigenvalue weighted by molar-refractivity contribution is 6.25. The van der Waals surface area contributed by atoms with Crippen molar-refractivity contribution in [1.82, 2.24) is 0 Å². The van der Waals surface area contributed by atoms with Gasteiger partial charge in [0, 0.05) is 16.9 Å². The molecule has 1 N–H and O–H groups in total. The average molecular weight is 147 g/mol. The van der Waals surface area contributed by atoms with Crippen LogP contribution in [0.2, 0.25) is 0 Å². The largest absolute Gasteiger partial charge is 0.392 e. The third-order valence-electron chi connectivity index (χ3n) is 2.13. The van der Waals surface area contributed by atoms with Crippen molar-refractivity contribution in [1.29, 1.82) is 0 Å². The monoisotopic (exact) mass is 146 g/mol. The summed E-state index contributed by atoms with van der Waals surface area (Å²) in [5.74, 6) is 0.273. The highest BCUT2D eigenvalue weighted by Crippen LogP contribution is 2.52. The Hall–Kier alpha value is -0.0100. The molecule has 9 heavy (non-hydrogen) atoms. The number of hydrogen-bond acceptors (Lipinski definition) is 1. The first-order chi connectivity index (χ1) is 4.10. The van der Waals surface area contributed by atoms with E-state index in [0.717, 1.165) is 0 Å². The average Bonchev–Trinajstić information content (AvgIpc) is 2.19. The van der Waals surface area contributed by atoms with Crippen LogP contribution >= 0.6 is 11.6 Å². The van der Waals surface area contributed by atoms with Crippen LogP contribution in [-0.2, 0) is 0 Å². The van der Waals surface area contributed by atoms with Crippen molar-refractivity contribution in [2.75, 3.05) is 0 Å². The molecule has 0 spiro atoms. The third kappa shape index (κ3) is 0.993. The fourth-order valence-electron chi connectivity index (χ4n) is 1.08. The second-order valence-electron chi connectivity index (χ2n) is 3.11. The van der Waals surface area contributed by atoms with Gasteiger partial charge in [-0.3, -0.25) is 0 Å². The van der Waals surface area contributed by atoms with E-state index in [1.165, 1.54) is 5.54 Å². The fourth-order valence-corrected chi connectivity index (χ4v) is 1.24. The second-order valence-corrected chi connectivity index (χ2v) is 3.36. The Morgan fingerprint density at radius 3 is 2.11 bits per heavy atom. The molecule has 1 fully saturated rings. The van der Waals surface area contributed by atoms with Gasteiger partial charge in [0.25, 0.3) is 0 Å². The molecule has 0 amide bonds. The molecule has 0 radical (unpaired) electrons. The van der Waals surface area contributed by atoms with Crippen LogP contribution in [0.3, 0.4) is 0 Å². The van der Waals surface area contributed by atoms with E-state index in [0.29, 0.717) is 0 Å². The molecule has 2 unspecified atom stereocenters. The Bertz CT molecular complexity index is 140. The maximum absolute atomic E-state index is 9.18.